The minimum Gasteiger partial charge on any atom is -0.393 e. The van der Waals surface area contributed by atoms with Gasteiger partial charge in [-0.05, 0) is 48.2 Å². The first-order valence-electron chi connectivity index (χ1n) is 12.7. The molecule has 0 atom stereocenters. The zero-order valence-corrected chi connectivity index (χ0v) is 21.5. The number of nitrogens with zero attached hydrogens (tertiary/aromatic N) is 4. The summed E-state index contributed by atoms with van der Waals surface area (Å²) in [5, 5.41) is 18.3. The lowest BCUT2D eigenvalue weighted by Gasteiger charge is -2.33. The highest BCUT2D eigenvalue weighted by Crippen LogP contribution is 2.42. The maximum absolute atomic E-state index is 14.3. The summed E-state index contributed by atoms with van der Waals surface area (Å²) in [6.45, 7) is 1.56. The van der Waals surface area contributed by atoms with Gasteiger partial charge in [-0.25, -0.2) is 18.3 Å². The van der Waals surface area contributed by atoms with E-state index in [1.807, 2.05) is 39.9 Å². The summed E-state index contributed by atoms with van der Waals surface area (Å²) in [5.74, 6) is 0.685. The number of halogens is 2. The molecule has 3 aromatic rings. The lowest BCUT2D eigenvalue weighted by Crippen LogP contribution is -2.41. The Morgan fingerprint density at radius 2 is 1.92 bits per heavy atom. The number of nitrogens with one attached hydrogen (secondary N) is 3. The second-order valence-corrected chi connectivity index (χ2v) is 9.38. The summed E-state index contributed by atoms with van der Waals surface area (Å²) in [6, 6.07) is 13.0. The summed E-state index contributed by atoms with van der Waals surface area (Å²) in [7, 11) is 3.29. The molecule has 0 spiro atoms. The minimum atomic E-state index is -2.71. The Labute approximate surface area is 220 Å². The van der Waals surface area contributed by atoms with Gasteiger partial charge in [-0.3, -0.25) is 0 Å². The van der Waals surface area contributed by atoms with E-state index in [0.29, 0.717) is 48.7 Å². The van der Waals surface area contributed by atoms with Crippen LogP contribution in [0.3, 0.4) is 0 Å². The third-order valence-electron chi connectivity index (χ3n) is 7.16. The zero-order valence-electron chi connectivity index (χ0n) is 21.5. The Kier molecular flexibility index (Phi) is 7.13. The maximum atomic E-state index is 14.3. The molecule has 198 valence electrons. The number of carbonyl (C=O) groups excluding carboxylic acids is 1. The number of rotatable bonds is 6. The van der Waals surface area contributed by atoms with Crippen molar-refractivity contribution in [2.45, 2.75) is 32.2 Å². The molecule has 1 aromatic heterocycles. The van der Waals surface area contributed by atoms with E-state index in [0.717, 1.165) is 41.6 Å². The van der Waals surface area contributed by atoms with Gasteiger partial charge >= 0.3 is 6.03 Å². The molecule has 38 heavy (non-hydrogen) atoms. The highest BCUT2D eigenvalue weighted by atomic mass is 19.3. The van der Waals surface area contributed by atoms with Crippen LogP contribution in [0.15, 0.2) is 48.7 Å². The fourth-order valence-corrected chi connectivity index (χ4v) is 5.39. The van der Waals surface area contributed by atoms with Crippen LogP contribution in [-0.4, -0.2) is 54.1 Å². The number of allylic oxidation sites excluding steroid dienone is 1. The largest absolute Gasteiger partial charge is 0.393 e. The van der Waals surface area contributed by atoms with Crippen LogP contribution in [0.2, 0.25) is 0 Å². The molecule has 0 unspecified atom stereocenters. The SMILES string of the molecule is CN/C=C(\C=N)c1cc2c(cc1C(F)F)N(c1nn(-c3ccccc3)c3c1CN(C(=O)NC)CC3)CCC2. The molecule has 3 N–H and O–H groups in total. The van der Waals surface area contributed by atoms with Crippen LogP contribution in [0.5, 0.6) is 0 Å². The molecule has 3 heterocycles. The first-order valence-corrected chi connectivity index (χ1v) is 12.7. The van der Waals surface area contributed by atoms with Crippen molar-refractivity contribution in [1.82, 2.24) is 25.3 Å². The molecule has 0 saturated carbocycles. The average molecular weight is 520 g/mol. The second-order valence-electron chi connectivity index (χ2n) is 9.38. The monoisotopic (exact) mass is 519 g/mol. The number of benzene rings is 2. The molecule has 0 saturated heterocycles. The van der Waals surface area contributed by atoms with E-state index in [9.17, 15) is 13.6 Å². The Bertz CT molecular complexity index is 1380. The summed E-state index contributed by atoms with van der Waals surface area (Å²) in [4.78, 5) is 16.3. The molecule has 0 aliphatic carbocycles. The summed E-state index contributed by atoms with van der Waals surface area (Å²) in [6.07, 6.45) is 2.13. The number of hydrogen-bond donors (Lipinski definition) is 3. The van der Waals surface area contributed by atoms with Crippen molar-refractivity contribution in [3.8, 4) is 5.69 Å². The summed E-state index contributed by atoms with van der Waals surface area (Å²) in [5.41, 5.74) is 5.12. The Morgan fingerprint density at radius 3 is 2.61 bits per heavy atom. The second kappa shape index (κ2) is 10.6. The number of aryl methyl sites for hydroxylation is 1. The van der Waals surface area contributed by atoms with E-state index >= 15 is 0 Å². The van der Waals surface area contributed by atoms with Gasteiger partial charge in [0.05, 0.1) is 17.9 Å². The van der Waals surface area contributed by atoms with Crippen molar-refractivity contribution in [1.29, 1.82) is 5.41 Å². The van der Waals surface area contributed by atoms with Gasteiger partial charge in [0.15, 0.2) is 5.82 Å². The van der Waals surface area contributed by atoms with Crippen LogP contribution in [0.25, 0.3) is 11.3 Å². The minimum absolute atomic E-state index is 0.121. The molecule has 8 nitrogen and oxygen atoms in total. The predicted octanol–water partition coefficient (Wildman–Crippen LogP) is 4.80. The normalized spacial score (nSPS) is 15.2. The van der Waals surface area contributed by atoms with Crippen molar-refractivity contribution in [3.63, 3.8) is 0 Å². The van der Waals surface area contributed by atoms with Crippen molar-refractivity contribution in [2.75, 3.05) is 32.1 Å². The molecule has 0 bridgehead atoms. The van der Waals surface area contributed by atoms with Gasteiger partial charge in [-0.15, -0.1) is 5.10 Å². The summed E-state index contributed by atoms with van der Waals surface area (Å²) >= 11 is 0. The fraction of sp³-hybridized carbons (Fsp3) is 0.321. The highest BCUT2D eigenvalue weighted by Gasteiger charge is 2.33. The molecular weight excluding hydrogens is 488 g/mol. The lowest BCUT2D eigenvalue weighted by molar-refractivity contribution is 0.151. The van der Waals surface area contributed by atoms with Gasteiger partial charge in [0.25, 0.3) is 6.43 Å². The fourth-order valence-electron chi connectivity index (χ4n) is 5.39. The lowest BCUT2D eigenvalue weighted by atomic mass is 9.92. The van der Waals surface area contributed by atoms with Gasteiger partial charge in [-0.1, -0.05) is 18.2 Å². The number of carbonyl (C=O) groups is 1. The molecule has 2 aromatic carbocycles. The van der Waals surface area contributed by atoms with Crippen LogP contribution in [-0.2, 0) is 19.4 Å². The van der Waals surface area contributed by atoms with Crippen LogP contribution >= 0.6 is 0 Å². The number of urea groups is 1. The quantitative estimate of drug-likeness (QED) is 0.408. The van der Waals surface area contributed by atoms with E-state index in [-0.39, 0.29) is 11.6 Å². The topological polar surface area (TPSA) is 89.3 Å². The van der Waals surface area contributed by atoms with Crippen LogP contribution in [0, 0.1) is 5.41 Å². The summed E-state index contributed by atoms with van der Waals surface area (Å²) < 4.78 is 30.6. The van der Waals surface area contributed by atoms with E-state index in [4.69, 9.17) is 10.5 Å². The molecule has 5 rings (SSSR count). The zero-order chi connectivity index (χ0) is 26.8. The molecule has 2 aliphatic rings. The van der Waals surface area contributed by atoms with E-state index in [1.165, 1.54) is 0 Å². The smallest absolute Gasteiger partial charge is 0.317 e. The Balaban J connectivity index is 1.67. The highest BCUT2D eigenvalue weighted by molar-refractivity contribution is 6.09. The molecule has 0 radical (unpaired) electrons. The number of alkyl halides is 2. The van der Waals surface area contributed by atoms with Gasteiger partial charge in [-0.2, -0.15) is 0 Å². The number of fused-ring (bicyclic) bond motifs is 2. The first kappa shape index (κ1) is 25.4. The molecule has 2 amide bonds. The molecule has 10 heteroatoms. The number of hydrogen-bond acceptors (Lipinski definition) is 5. The van der Waals surface area contributed by atoms with Gasteiger partial charge < -0.3 is 25.8 Å². The third kappa shape index (κ3) is 4.51. The first-order chi connectivity index (χ1) is 18.5. The van der Waals surface area contributed by atoms with Crippen LogP contribution in [0.1, 0.15) is 40.8 Å². The Hall–Kier alpha value is -4.21. The van der Waals surface area contributed by atoms with Gasteiger partial charge in [0, 0.05) is 68.4 Å². The maximum Gasteiger partial charge on any atom is 0.317 e. The van der Waals surface area contributed by atoms with E-state index in [2.05, 4.69) is 10.6 Å². The number of para-hydroxylation sites is 1. The number of amides is 2. The average Bonchev–Trinajstić information content (AvgIpc) is 3.33. The van der Waals surface area contributed by atoms with E-state index in [1.54, 1.807) is 37.3 Å². The molecule has 2 aliphatic heterocycles. The van der Waals surface area contributed by atoms with E-state index < -0.39 is 6.43 Å². The van der Waals surface area contributed by atoms with Crippen molar-refractivity contribution >= 4 is 29.3 Å². The van der Waals surface area contributed by atoms with Crippen molar-refractivity contribution in [2.24, 2.45) is 0 Å². The predicted molar refractivity (Wildman–Crippen MR) is 145 cm³/mol. The molecular formula is C28H31F2N7O. The van der Waals surface area contributed by atoms with Crippen molar-refractivity contribution in [3.05, 3.63) is 76.6 Å². The van der Waals surface area contributed by atoms with Crippen molar-refractivity contribution < 1.29 is 13.6 Å². The number of aromatic nitrogens is 2. The standard InChI is InChI=1S/C28H31F2N7O/c1-32-16-19(15-31)21-13-18-7-6-11-36(25(18)14-22(21)26(29)30)27-23-17-35(28(38)33-2)12-10-24(23)37(34-27)20-8-4-3-5-9-20/h3-5,8-9,13-16,26,31-32H,6-7,10-12,17H2,1-2H3,(H,33,38)/b19-16+,31-15?. The third-order valence-corrected chi connectivity index (χ3v) is 7.16. The Morgan fingerprint density at radius 1 is 1.13 bits per heavy atom. The molecule has 0 fully saturated rings. The van der Waals surface area contributed by atoms with Gasteiger partial charge in [0.2, 0.25) is 0 Å². The van der Waals surface area contributed by atoms with Crippen LogP contribution in [0.4, 0.5) is 25.1 Å². The van der Waals surface area contributed by atoms with Gasteiger partial charge in [0.1, 0.15) is 0 Å². The number of anilines is 2. The van der Waals surface area contributed by atoms with Crippen LogP contribution < -0.4 is 15.5 Å².